The summed E-state index contributed by atoms with van der Waals surface area (Å²) in [5, 5.41) is 0. The molecule has 0 bridgehead atoms. The van der Waals surface area contributed by atoms with Crippen LogP contribution < -0.4 is 0 Å². The van der Waals surface area contributed by atoms with Crippen molar-refractivity contribution in [2.75, 3.05) is 0 Å². The molecule has 3 heteroatoms. The summed E-state index contributed by atoms with van der Waals surface area (Å²) in [6, 6.07) is 0. The van der Waals surface area contributed by atoms with Crippen molar-refractivity contribution in [3.05, 3.63) is 0 Å². The highest BCUT2D eigenvalue weighted by atomic mass is 19.2. The van der Waals surface area contributed by atoms with Gasteiger partial charge in [-0.3, -0.25) is 0 Å². The van der Waals surface area contributed by atoms with Crippen molar-refractivity contribution in [1.29, 1.82) is 0 Å². The van der Waals surface area contributed by atoms with Gasteiger partial charge >= 0.3 is 0 Å². The highest BCUT2D eigenvalue weighted by Crippen LogP contribution is 2.44. The molecule has 0 aromatic heterocycles. The first kappa shape index (κ1) is 80.2. The first-order chi connectivity index (χ1) is 30.3. The summed E-state index contributed by atoms with van der Waals surface area (Å²) in [5.41, 5.74) is 1.49. The van der Waals surface area contributed by atoms with Gasteiger partial charge < -0.3 is 0 Å². The third kappa shape index (κ3) is 58.6. The van der Waals surface area contributed by atoms with Crippen LogP contribution in [0.3, 0.4) is 0 Å². The number of hydrogen-bond donors (Lipinski definition) is 0. The van der Waals surface area contributed by atoms with E-state index in [1.165, 1.54) is 51.4 Å². The van der Waals surface area contributed by atoms with Gasteiger partial charge in [0.25, 0.3) is 0 Å². The molecule has 0 aromatic rings. The predicted octanol–water partition coefficient (Wildman–Crippen LogP) is 25.6. The van der Waals surface area contributed by atoms with Crippen molar-refractivity contribution in [2.45, 2.75) is 374 Å². The Bertz CT molecular complexity index is 1080. The smallest absolute Gasteiger partial charge is 0.108 e. The maximum Gasteiger partial charge on any atom is 0.108 e. The van der Waals surface area contributed by atoms with E-state index in [2.05, 4.69) is 208 Å². The van der Waals surface area contributed by atoms with Gasteiger partial charge in [0, 0.05) is 0 Å². The summed E-state index contributed by atoms with van der Waals surface area (Å²) in [4.78, 5) is 0. The summed E-state index contributed by atoms with van der Waals surface area (Å²) in [6.45, 7) is 73.1. The molecule has 0 N–H and O–H groups in total. The minimum absolute atomic E-state index is 0.394. The van der Waals surface area contributed by atoms with Crippen molar-refractivity contribution in [3.8, 4) is 0 Å². The number of alkyl halides is 3. The third-order valence-corrected chi connectivity index (χ3v) is 15.6. The van der Waals surface area contributed by atoms with Crippen LogP contribution in [-0.2, 0) is 0 Å². The van der Waals surface area contributed by atoms with E-state index in [1.54, 1.807) is 20.8 Å². The van der Waals surface area contributed by atoms with E-state index in [0.717, 1.165) is 88.9 Å². The van der Waals surface area contributed by atoms with Crippen LogP contribution in [-0.4, -0.2) is 17.0 Å². The van der Waals surface area contributed by atoms with Gasteiger partial charge in [-0.15, -0.1) is 0 Å². The maximum atomic E-state index is 13.2. The van der Waals surface area contributed by atoms with Crippen LogP contribution in [0.1, 0.15) is 357 Å². The van der Waals surface area contributed by atoms with Gasteiger partial charge in [0.1, 0.15) is 17.0 Å². The van der Waals surface area contributed by atoms with Crippen LogP contribution >= 0.6 is 0 Å². The van der Waals surface area contributed by atoms with E-state index in [1.807, 2.05) is 0 Å². The van der Waals surface area contributed by atoms with Gasteiger partial charge in [0.05, 0.1) is 0 Å². The van der Waals surface area contributed by atoms with E-state index in [-0.39, 0.29) is 0 Å². The average molecular weight is 992 g/mol. The molecule has 3 rings (SSSR count). The fraction of sp³-hybridized carbons (Fsp3) is 1.00. The molecule has 0 aromatic carbocycles. The number of hydrogen-bond acceptors (Lipinski definition) is 0. The molecule has 0 saturated heterocycles. The topological polar surface area (TPSA) is 0 Å². The Labute approximate surface area is 440 Å². The van der Waals surface area contributed by atoms with Crippen LogP contribution in [0.25, 0.3) is 0 Å². The lowest BCUT2D eigenvalue weighted by molar-refractivity contribution is 0.0708. The lowest BCUT2D eigenvalue weighted by atomic mass is 9.65. The summed E-state index contributed by atoms with van der Waals surface area (Å²) < 4.78 is 38.7. The predicted molar refractivity (Wildman–Crippen MR) is 318 cm³/mol. The zero-order chi connectivity index (χ0) is 56.8. The first-order valence-corrected chi connectivity index (χ1v) is 29.4. The average Bonchev–Trinajstić information content (AvgIpc) is 3.55. The fourth-order valence-electron chi connectivity index (χ4n) is 7.42. The molecule has 3 fully saturated rings. The highest BCUT2D eigenvalue weighted by Gasteiger charge is 2.35. The van der Waals surface area contributed by atoms with Crippen LogP contribution in [0.4, 0.5) is 13.2 Å². The van der Waals surface area contributed by atoms with Gasteiger partial charge in [0.2, 0.25) is 0 Å². The van der Waals surface area contributed by atoms with E-state index in [4.69, 9.17) is 0 Å². The van der Waals surface area contributed by atoms with Crippen molar-refractivity contribution in [1.82, 2.24) is 0 Å². The largest absolute Gasteiger partial charge is 0.244 e. The molecule has 0 radical (unpaired) electrons. The Morgan fingerprint density at radius 3 is 0.739 bits per heavy atom. The second-order valence-corrected chi connectivity index (χ2v) is 31.3. The normalized spacial score (nSPS) is 18.5. The summed E-state index contributed by atoms with van der Waals surface area (Å²) in [7, 11) is 0. The summed E-state index contributed by atoms with van der Waals surface area (Å²) in [5.74, 6) is 1.70. The van der Waals surface area contributed by atoms with Gasteiger partial charge in [-0.25, -0.2) is 13.2 Å². The van der Waals surface area contributed by atoms with E-state index in [0.29, 0.717) is 43.3 Å². The van der Waals surface area contributed by atoms with E-state index >= 15 is 0 Å². The van der Waals surface area contributed by atoms with Crippen LogP contribution in [0.2, 0.25) is 0 Å². The van der Waals surface area contributed by atoms with E-state index in [9.17, 15) is 13.2 Å². The van der Waals surface area contributed by atoms with Crippen LogP contribution in [0, 0.1) is 55.2 Å². The molecule has 3 saturated carbocycles. The lowest BCUT2D eigenvalue weighted by Gasteiger charge is -2.40. The monoisotopic (exact) mass is 991 g/mol. The fourth-order valence-corrected chi connectivity index (χ4v) is 7.42. The van der Waals surface area contributed by atoms with E-state index < -0.39 is 17.0 Å². The molecule has 0 nitrogen and oxygen atoms in total. The quantitative estimate of drug-likeness (QED) is 0.258. The SMILES string of the molecule is CC(C)(C)C.CC(C)C(C)(C)C.CC1(C)CCC(C)(F)CC1.CC1(F)CCCC1.CC1(F)CCCCC1.CCC(C)(C)C.CCC(C)(CC)C(C)(C)C.CCC(CC)C(C)(C)C.CCCC(C)(C)C. The van der Waals surface area contributed by atoms with Gasteiger partial charge in [-0.05, 0) is 134 Å². The molecule has 3 aliphatic rings. The Balaban J connectivity index is -0.000000163. The van der Waals surface area contributed by atoms with Crippen LogP contribution in [0.5, 0.6) is 0 Å². The van der Waals surface area contributed by atoms with Crippen molar-refractivity contribution in [3.63, 3.8) is 0 Å². The number of rotatable bonds is 5. The van der Waals surface area contributed by atoms with Gasteiger partial charge in [-0.2, -0.15) is 0 Å². The zero-order valence-corrected chi connectivity index (χ0v) is 54.9. The Morgan fingerprint density at radius 1 is 0.391 bits per heavy atom. The Kier molecular flexibility index (Phi) is 41.7. The van der Waals surface area contributed by atoms with Crippen molar-refractivity contribution < 1.29 is 13.2 Å². The third-order valence-electron chi connectivity index (χ3n) is 15.6. The molecular weight excluding hydrogens is 850 g/mol. The van der Waals surface area contributed by atoms with Crippen molar-refractivity contribution in [2.24, 2.45) is 55.2 Å². The molecule has 0 amide bonds. The maximum absolute atomic E-state index is 13.2. The number of halogens is 3. The first-order valence-electron chi connectivity index (χ1n) is 29.4. The van der Waals surface area contributed by atoms with Crippen molar-refractivity contribution >= 4 is 0 Å². The summed E-state index contributed by atoms with van der Waals surface area (Å²) in [6.07, 6.45) is 21.4. The second kappa shape index (κ2) is 35.9. The molecule has 3 aliphatic carbocycles. The molecule has 0 atom stereocenters. The van der Waals surface area contributed by atoms with Gasteiger partial charge in [-0.1, -0.05) is 278 Å². The standard InChI is InChI=1S/C10H22.C9H17F.C9H20.C7H13F.2C7H16.C6H11F.C6H14.C5H12/c1-7-10(6,8-2)9(3,4)5;1-8(2)4-6-9(3,10)7-5-8;1-6-8(7-2)9(3,4)5;1-7(8)5-3-2-4-6-7;1-6(2)7(3,4)5;1-5-6-7(2,3)4;1-6(7)4-2-3-5-6;1-5-6(2,3)4;1-5(2,3)4/h7-8H2,1-6H3;4-7H2,1-3H3;8H,6-7H2,1-5H3;2-6H2,1H3;6H,1-5H3;5-6H2,1-4H3;2-5H2,1H3;5H2,1-4H3;1-4H3. The molecule has 0 heterocycles. The molecule has 0 aliphatic heterocycles. The minimum Gasteiger partial charge on any atom is -0.244 e. The second-order valence-electron chi connectivity index (χ2n) is 31.3. The minimum atomic E-state index is -0.866. The molecular formula is C66H141F3. The Morgan fingerprint density at radius 2 is 0.652 bits per heavy atom. The highest BCUT2D eigenvalue weighted by molar-refractivity contribution is 4.86. The zero-order valence-electron chi connectivity index (χ0n) is 54.9. The van der Waals surface area contributed by atoms with Crippen LogP contribution in [0.15, 0.2) is 0 Å². The molecule has 426 valence electrons. The molecule has 0 spiro atoms. The summed E-state index contributed by atoms with van der Waals surface area (Å²) >= 11 is 0. The molecule has 0 unspecified atom stereocenters. The molecule has 69 heavy (non-hydrogen) atoms. The Hall–Kier alpha value is -0.210. The van der Waals surface area contributed by atoms with Gasteiger partial charge in [0.15, 0.2) is 0 Å². The lowest BCUT2D eigenvalue weighted by Crippen LogP contribution is -2.31.